The Kier molecular flexibility index (Phi) is 10.2. The molecule has 1 aromatic heterocycles. The van der Waals surface area contributed by atoms with Gasteiger partial charge in [-0.15, -0.1) is 0 Å². The van der Waals surface area contributed by atoms with Crippen molar-refractivity contribution in [1.29, 1.82) is 0 Å². The third kappa shape index (κ3) is 8.32. The Morgan fingerprint density at radius 1 is 1.07 bits per heavy atom. The van der Waals surface area contributed by atoms with Gasteiger partial charge < -0.3 is 20.1 Å². The summed E-state index contributed by atoms with van der Waals surface area (Å²) >= 11 is 0. The number of nitrogens with one attached hydrogen (secondary N) is 1. The number of ether oxygens (including phenoxy) is 1. The third-order valence-electron chi connectivity index (χ3n) is 9.00. The van der Waals surface area contributed by atoms with E-state index in [1.807, 2.05) is 34.6 Å². The van der Waals surface area contributed by atoms with E-state index >= 15 is 0 Å². The fraction of sp³-hybridized carbons (Fsp3) is 0.657. The van der Waals surface area contributed by atoms with E-state index in [-0.39, 0.29) is 5.41 Å². The van der Waals surface area contributed by atoms with Crippen molar-refractivity contribution in [2.24, 2.45) is 11.3 Å². The molecule has 4 rings (SSSR count). The van der Waals surface area contributed by atoms with Crippen molar-refractivity contribution in [1.82, 2.24) is 10.3 Å². The van der Waals surface area contributed by atoms with Gasteiger partial charge in [-0.25, -0.2) is 4.79 Å². The van der Waals surface area contributed by atoms with E-state index in [1.165, 1.54) is 44.1 Å². The number of rotatable bonds is 10. The van der Waals surface area contributed by atoms with Crippen molar-refractivity contribution in [2.75, 3.05) is 24.5 Å². The fourth-order valence-corrected chi connectivity index (χ4v) is 6.56. The maximum absolute atomic E-state index is 12.7. The highest BCUT2D eigenvalue weighted by Gasteiger charge is 2.36. The molecule has 1 saturated carbocycles. The van der Waals surface area contributed by atoms with E-state index in [1.54, 1.807) is 0 Å². The number of aliphatic carboxylic acids is 1. The van der Waals surface area contributed by atoms with Crippen LogP contribution in [0.5, 0.6) is 0 Å². The van der Waals surface area contributed by atoms with Crippen LogP contribution >= 0.6 is 0 Å². The van der Waals surface area contributed by atoms with Gasteiger partial charge in [0.25, 0.3) is 0 Å². The number of carboxylic acid groups (broad SMARTS) is 1. The van der Waals surface area contributed by atoms with Gasteiger partial charge in [-0.2, -0.15) is 0 Å². The zero-order valence-electron chi connectivity index (χ0n) is 26.6. The van der Waals surface area contributed by atoms with Crippen molar-refractivity contribution < 1.29 is 14.6 Å². The number of piperidine rings is 1. The molecule has 6 nitrogen and oxygen atoms in total. The quantitative estimate of drug-likeness (QED) is 0.285. The first-order chi connectivity index (χ1) is 19.3. The summed E-state index contributed by atoms with van der Waals surface area (Å²) in [7, 11) is 0. The maximum atomic E-state index is 12.7. The first-order valence-electron chi connectivity index (χ1n) is 15.8. The summed E-state index contributed by atoms with van der Waals surface area (Å²) in [6.07, 6.45) is 9.26. The summed E-state index contributed by atoms with van der Waals surface area (Å²) in [5.74, 6) is -0.0895. The Balaban J connectivity index is 1.65. The number of nitrogens with zero attached hydrogens (tertiary/aromatic N) is 2. The van der Waals surface area contributed by atoms with Crippen LogP contribution < -0.4 is 10.2 Å². The smallest absolute Gasteiger partial charge is 0.337 e. The van der Waals surface area contributed by atoms with E-state index in [2.05, 4.69) is 48.3 Å². The van der Waals surface area contributed by atoms with Crippen LogP contribution in [-0.4, -0.2) is 41.3 Å². The zero-order valence-corrected chi connectivity index (χ0v) is 26.6. The van der Waals surface area contributed by atoms with E-state index in [0.29, 0.717) is 5.56 Å². The first-order valence-corrected chi connectivity index (χ1v) is 15.8. The average Bonchev–Trinajstić information content (AvgIpc) is 2.90. The SMILES string of the molecule is Cc1nc(C)c(C(OC(C)(C)C)C(=O)O)c(N2CCC(C)(C)CC2)c1-c1ccc(CNCCC2CCCCC2)cc1. The van der Waals surface area contributed by atoms with Crippen molar-refractivity contribution >= 4 is 11.7 Å². The minimum Gasteiger partial charge on any atom is -0.479 e. The van der Waals surface area contributed by atoms with Crippen LogP contribution in [0.2, 0.25) is 0 Å². The van der Waals surface area contributed by atoms with Crippen LogP contribution in [0.3, 0.4) is 0 Å². The minimum atomic E-state index is -1.10. The number of hydrogen-bond donors (Lipinski definition) is 2. The predicted octanol–water partition coefficient (Wildman–Crippen LogP) is 7.99. The Bertz CT molecular complexity index is 1170. The zero-order chi connectivity index (χ0) is 29.8. The van der Waals surface area contributed by atoms with E-state index in [9.17, 15) is 9.90 Å². The average molecular weight is 564 g/mol. The summed E-state index contributed by atoms with van der Waals surface area (Å²) in [5.41, 5.74) is 6.30. The first kappa shape index (κ1) is 31.5. The Morgan fingerprint density at radius 2 is 1.71 bits per heavy atom. The second kappa shape index (κ2) is 13.2. The molecule has 2 N–H and O–H groups in total. The van der Waals surface area contributed by atoms with Crippen LogP contribution in [-0.2, 0) is 16.1 Å². The van der Waals surface area contributed by atoms with Crippen molar-refractivity contribution in [3.8, 4) is 11.1 Å². The number of benzene rings is 1. The fourth-order valence-electron chi connectivity index (χ4n) is 6.56. The number of carboxylic acids is 1. The lowest BCUT2D eigenvalue weighted by Crippen LogP contribution is -2.39. The van der Waals surface area contributed by atoms with Crippen LogP contribution in [0, 0.1) is 25.2 Å². The molecule has 1 aliphatic carbocycles. The summed E-state index contributed by atoms with van der Waals surface area (Å²) in [5, 5.41) is 14.0. The molecular formula is C35H53N3O3. The Morgan fingerprint density at radius 3 is 2.29 bits per heavy atom. The standard InChI is InChI=1S/C35H53N3O3/c1-24-29(28-15-13-27(14-16-28)23-36-20-17-26-11-9-8-10-12-26)31(38-21-18-35(6,7)19-22-38)30(25(2)37-24)32(33(39)40)41-34(3,4)5/h13-16,26,32,36H,8-12,17-23H2,1-7H3,(H,39,40). The highest BCUT2D eigenvalue weighted by Crippen LogP contribution is 2.44. The normalized spacial score (nSPS) is 18.9. The number of anilines is 1. The number of hydrogen-bond acceptors (Lipinski definition) is 5. The van der Waals surface area contributed by atoms with Gasteiger partial charge in [-0.3, -0.25) is 4.98 Å². The second-order valence-corrected chi connectivity index (χ2v) is 14.2. The van der Waals surface area contributed by atoms with E-state index in [0.717, 1.165) is 73.1 Å². The maximum Gasteiger partial charge on any atom is 0.337 e. The number of carbonyl (C=O) groups is 1. The monoisotopic (exact) mass is 563 g/mol. The van der Waals surface area contributed by atoms with Gasteiger partial charge in [0.05, 0.1) is 11.3 Å². The topological polar surface area (TPSA) is 74.7 Å². The van der Waals surface area contributed by atoms with Crippen LogP contribution in [0.4, 0.5) is 5.69 Å². The molecular weight excluding hydrogens is 510 g/mol. The Hall–Kier alpha value is -2.44. The molecule has 6 heteroatoms. The molecule has 2 fully saturated rings. The lowest BCUT2D eigenvalue weighted by Gasteiger charge is -2.41. The molecule has 226 valence electrons. The van der Waals surface area contributed by atoms with Crippen molar-refractivity contribution in [2.45, 2.75) is 118 Å². The number of pyridine rings is 1. The molecule has 0 bridgehead atoms. The van der Waals surface area contributed by atoms with Gasteiger partial charge >= 0.3 is 5.97 Å². The molecule has 0 radical (unpaired) electrons. The third-order valence-corrected chi connectivity index (χ3v) is 9.00. The number of aromatic nitrogens is 1. The van der Waals surface area contributed by atoms with Gasteiger partial charge in [0.2, 0.25) is 0 Å². The second-order valence-electron chi connectivity index (χ2n) is 14.2. The predicted molar refractivity (Wildman–Crippen MR) is 168 cm³/mol. The van der Waals surface area contributed by atoms with Gasteiger partial charge in [-0.05, 0) is 82.9 Å². The molecule has 1 aliphatic heterocycles. The molecule has 1 aromatic carbocycles. The highest BCUT2D eigenvalue weighted by molar-refractivity contribution is 5.88. The molecule has 41 heavy (non-hydrogen) atoms. The van der Waals surface area contributed by atoms with E-state index in [4.69, 9.17) is 9.72 Å². The number of aryl methyl sites for hydroxylation is 2. The van der Waals surface area contributed by atoms with Gasteiger partial charge in [0.1, 0.15) is 0 Å². The molecule has 2 aliphatic rings. The molecule has 0 amide bonds. The molecule has 2 aromatic rings. The van der Waals surface area contributed by atoms with Crippen molar-refractivity contribution in [3.63, 3.8) is 0 Å². The van der Waals surface area contributed by atoms with Crippen LogP contribution in [0.1, 0.15) is 115 Å². The summed E-state index contributed by atoms with van der Waals surface area (Å²) in [6.45, 7) is 18.0. The Labute approximate surface area is 248 Å². The molecule has 0 spiro atoms. The van der Waals surface area contributed by atoms with Gasteiger partial charge in [0.15, 0.2) is 6.10 Å². The van der Waals surface area contributed by atoms with Gasteiger partial charge in [-0.1, -0.05) is 70.2 Å². The summed E-state index contributed by atoms with van der Waals surface area (Å²) in [6, 6.07) is 8.76. The lowest BCUT2D eigenvalue weighted by molar-refractivity contribution is -0.160. The largest absolute Gasteiger partial charge is 0.479 e. The molecule has 2 heterocycles. The van der Waals surface area contributed by atoms with Crippen LogP contribution in [0.15, 0.2) is 24.3 Å². The summed E-state index contributed by atoms with van der Waals surface area (Å²) in [4.78, 5) is 20.0. The molecule has 1 atom stereocenters. The van der Waals surface area contributed by atoms with Gasteiger partial charge in [0, 0.05) is 42.1 Å². The van der Waals surface area contributed by atoms with Crippen LogP contribution in [0.25, 0.3) is 11.1 Å². The van der Waals surface area contributed by atoms with E-state index < -0.39 is 17.7 Å². The van der Waals surface area contributed by atoms with Crippen molar-refractivity contribution in [3.05, 3.63) is 46.8 Å². The highest BCUT2D eigenvalue weighted by atomic mass is 16.5. The minimum absolute atomic E-state index is 0.272. The molecule has 1 unspecified atom stereocenters. The summed E-state index contributed by atoms with van der Waals surface area (Å²) < 4.78 is 6.21. The lowest BCUT2D eigenvalue weighted by atomic mass is 9.81. The molecule has 1 saturated heterocycles.